The predicted molar refractivity (Wildman–Crippen MR) is 53.2 cm³/mol. The van der Waals surface area contributed by atoms with Gasteiger partial charge in [-0.15, -0.1) is 0 Å². The van der Waals surface area contributed by atoms with Crippen molar-refractivity contribution in [2.24, 2.45) is 5.92 Å². The summed E-state index contributed by atoms with van der Waals surface area (Å²) in [5.74, 6) is 0.436. The Morgan fingerprint density at radius 1 is 1.40 bits per heavy atom. The first kappa shape index (κ1) is 10.4. The van der Waals surface area contributed by atoms with Crippen molar-refractivity contribution in [3.63, 3.8) is 0 Å². The second kappa shape index (κ2) is 6.16. The summed E-state index contributed by atoms with van der Waals surface area (Å²) in [7, 11) is 0. The van der Waals surface area contributed by atoms with Crippen molar-refractivity contribution in [1.29, 1.82) is 0 Å². The highest BCUT2D eigenvalue weighted by molar-refractivity contribution is 14.1. The molecule has 1 nitrogen and oxygen atoms in total. The van der Waals surface area contributed by atoms with E-state index in [2.05, 4.69) is 36.4 Å². The molecule has 0 aliphatic carbocycles. The summed E-state index contributed by atoms with van der Waals surface area (Å²) >= 11 is 2.13. The van der Waals surface area contributed by atoms with Gasteiger partial charge in [0.2, 0.25) is 0 Å². The molecule has 0 rings (SSSR count). The molecule has 0 aliphatic heterocycles. The summed E-state index contributed by atoms with van der Waals surface area (Å²) in [5, 5.41) is 9.42. The molecule has 0 heterocycles. The van der Waals surface area contributed by atoms with E-state index in [1.54, 1.807) is 0 Å². The van der Waals surface area contributed by atoms with Crippen LogP contribution >= 0.6 is 22.6 Å². The molecule has 0 spiro atoms. The smallest absolute Gasteiger partial charge is 0.0756 e. The fourth-order valence-corrected chi connectivity index (χ4v) is 1.43. The monoisotopic (exact) mass is 254 g/mol. The molecule has 10 heavy (non-hydrogen) atoms. The van der Waals surface area contributed by atoms with Crippen molar-refractivity contribution in [2.45, 2.75) is 32.8 Å². The lowest BCUT2D eigenvalue weighted by Gasteiger charge is -2.15. The van der Waals surface area contributed by atoms with E-state index in [-0.39, 0.29) is 6.10 Å². The third kappa shape index (κ3) is 3.56. The molecular formula is C8H15IO. The molecular weight excluding hydrogens is 239 g/mol. The highest BCUT2D eigenvalue weighted by atomic mass is 127. The molecule has 0 aliphatic rings. The van der Waals surface area contributed by atoms with Gasteiger partial charge in [0.1, 0.15) is 0 Å². The second-order valence-corrected chi connectivity index (χ2v) is 3.10. The van der Waals surface area contributed by atoms with E-state index in [9.17, 15) is 5.11 Å². The SMILES string of the molecule is CCC(CC)C(O)C=CI. The van der Waals surface area contributed by atoms with Crippen LogP contribution in [0.15, 0.2) is 10.2 Å². The Kier molecular flexibility index (Phi) is 6.43. The number of aliphatic hydroxyl groups is 1. The Morgan fingerprint density at radius 2 is 1.90 bits per heavy atom. The minimum atomic E-state index is -0.244. The highest BCUT2D eigenvalue weighted by Crippen LogP contribution is 2.14. The van der Waals surface area contributed by atoms with Crippen LogP contribution in [0, 0.1) is 5.92 Å². The van der Waals surface area contributed by atoms with E-state index in [1.165, 1.54) is 0 Å². The number of hydrogen-bond acceptors (Lipinski definition) is 1. The molecule has 0 saturated heterocycles. The van der Waals surface area contributed by atoms with Gasteiger partial charge in [-0.3, -0.25) is 0 Å². The van der Waals surface area contributed by atoms with E-state index in [4.69, 9.17) is 0 Å². The minimum Gasteiger partial charge on any atom is -0.389 e. The lowest BCUT2D eigenvalue weighted by Crippen LogP contribution is -2.15. The minimum absolute atomic E-state index is 0.244. The van der Waals surface area contributed by atoms with Gasteiger partial charge in [0, 0.05) is 0 Å². The topological polar surface area (TPSA) is 20.2 Å². The van der Waals surface area contributed by atoms with E-state index >= 15 is 0 Å². The molecule has 0 aromatic carbocycles. The zero-order valence-electron chi connectivity index (χ0n) is 6.55. The van der Waals surface area contributed by atoms with Gasteiger partial charge in [-0.1, -0.05) is 49.3 Å². The van der Waals surface area contributed by atoms with Crippen molar-refractivity contribution in [1.82, 2.24) is 0 Å². The van der Waals surface area contributed by atoms with Gasteiger partial charge in [-0.25, -0.2) is 0 Å². The molecule has 1 unspecified atom stereocenters. The maximum Gasteiger partial charge on any atom is 0.0756 e. The van der Waals surface area contributed by atoms with Crippen LogP contribution in [0.25, 0.3) is 0 Å². The van der Waals surface area contributed by atoms with Crippen LogP contribution in [-0.2, 0) is 0 Å². The first-order chi connectivity index (χ1) is 4.76. The molecule has 1 N–H and O–H groups in total. The van der Waals surface area contributed by atoms with Gasteiger partial charge >= 0.3 is 0 Å². The third-order valence-electron chi connectivity index (χ3n) is 1.80. The first-order valence-electron chi connectivity index (χ1n) is 3.71. The number of aliphatic hydroxyl groups excluding tert-OH is 1. The molecule has 0 aromatic rings. The Morgan fingerprint density at radius 3 is 2.20 bits per heavy atom. The van der Waals surface area contributed by atoms with Crippen molar-refractivity contribution >= 4 is 22.6 Å². The predicted octanol–water partition coefficient (Wildman–Crippen LogP) is 2.73. The van der Waals surface area contributed by atoms with Crippen molar-refractivity contribution in [3.05, 3.63) is 10.2 Å². The van der Waals surface area contributed by atoms with Crippen LogP contribution < -0.4 is 0 Å². The van der Waals surface area contributed by atoms with E-state index in [0.29, 0.717) is 5.92 Å². The van der Waals surface area contributed by atoms with Crippen LogP contribution in [0.2, 0.25) is 0 Å². The maximum atomic E-state index is 9.42. The van der Waals surface area contributed by atoms with Gasteiger partial charge in [-0.05, 0) is 16.1 Å². The largest absolute Gasteiger partial charge is 0.389 e. The van der Waals surface area contributed by atoms with Gasteiger partial charge in [0.05, 0.1) is 6.10 Å². The molecule has 0 amide bonds. The maximum absolute atomic E-state index is 9.42. The standard InChI is InChI=1S/C8H15IO/c1-3-7(4-2)8(10)5-6-9/h5-8,10H,3-4H2,1-2H3. The van der Waals surface area contributed by atoms with Gasteiger partial charge in [0.15, 0.2) is 0 Å². The third-order valence-corrected chi connectivity index (χ3v) is 2.22. The van der Waals surface area contributed by atoms with E-state index < -0.39 is 0 Å². The quantitative estimate of drug-likeness (QED) is 0.765. The lowest BCUT2D eigenvalue weighted by molar-refractivity contribution is 0.147. The molecule has 0 fully saturated rings. The molecule has 1 atom stereocenters. The molecule has 2 heteroatoms. The lowest BCUT2D eigenvalue weighted by atomic mass is 9.97. The average molecular weight is 254 g/mol. The highest BCUT2D eigenvalue weighted by Gasteiger charge is 2.10. The molecule has 0 bridgehead atoms. The molecule has 60 valence electrons. The fourth-order valence-electron chi connectivity index (χ4n) is 1.00. The molecule has 0 aromatic heterocycles. The summed E-state index contributed by atoms with van der Waals surface area (Å²) in [5.41, 5.74) is 0. The molecule has 0 saturated carbocycles. The van der Waals surface area contributed by atoms with Crippen molar-refractivity contribution in [3.8, 4) is 0 Å². The average Bonchev–Trinajstić information content (AvgIpc) is 1.91. The summed E-state index contributed by atoms with van der Waals surface area (Å²) < 4.78 is 1.88. The van der Waals surface area contributed by atoms with Crippen LogP contribution in [0.1, 0.15) is 26.7 Å². The number of halogens is 1. The fraction of sp³-hybridized carbons (Fsp3) is 0.750. The number of rotatable bonds is 4. The zero-order valence-corrected chi connectivity index (χ0v) is 8.71. The van der Waals surface area contributed by atoms with Crippen LogP contribution in [0.5, 0.6) is 0 Å². The summed E-state index contributed by atoms with van der Waals surface area (Å²) in [6, 6.07) is 0. The van der Waals surface area contributed by atoms with E-state index in [0.717, 1.165) is 12.8 Å². The second-order valence-electron chi connectivity index (χ2n) is 2.39. The summed E-state index contributed by atoms with van der Waals surface area (Å²) in [6.07, 6.45) is 3.71. The van der Waals surface area contributed by atoms with Crippen molar-refractivity contribution in [2.75, 3.05) is 0 Å². The van der Waals surface area contributed by atoms with Crippen molar-refractivity contribution < 1.29 is 5.11 Å². The van der Waals surface area contributed by atoms with E-state index in [1.807, 2.05) is 10.2 Å². The first-order valence-corrected chi connectivity index (χ1v) is 4.95. The Labute approximate surface area is 76.7 Å². The van der Waals surface area contributed by atoms with Crippen LogP contribution in [0.3, 0.4) is 0 Å². The van der Waals surface area contributed by atoms with Gasteiger partial charge < -0.3 is 5.11 Å². The van der Waals surface area contributed by atoms with Crippen LogP contribution in [0.4, 0.5) is 0 Å². The Balaban J connectivity index is 3.75. The summed E-state index contributed by atoms with van der Waals surface area (Å²) in [6.45, 7) is 4.22. The van der Waals surface area contributed by atoms with Gasteiger partial charge in [-0.2, -0.15) is 0 Å². The number of hydrogen-bond donors (Lipinski definition) is 1. The molecule has 0 radical (unpaired) electrons. The zero-order chi connectivity index (χ0) is 7.98. The Bertz CT molecular complexity index is 97.4. The Hall–Kier alpha value is 0.430. The van der Waals surface area contributed by atoms with Crippen LogP contribution in [-0.4, -0.2) is 11.2 Å². The normalized spacial score (nSPS) is 14.9. The van der Waals surface area contributed by atoms with Gasteiger partial charge in [0.25, 0.3) is 0 Å². The summed E-state index contributed by atoms with van der Waals surface area (Å²) in [4.78, 5) is 0.